The number of carbonyl (C=O) groups is 2. The molecule has 112 valence electrons. The van der Waals surface area contributed by atoms with Crippen molar-refractivity contribution in [2.24, 2.45) is 5.73 Å². The maximum Gasteiger partial charge on any atom is 0.261 e. The highest BCUT2D eigenvalue weighted by atomic mass is 32.1. The highest BCUT2D eigenvalue weighted by Crippen LogP contribution is 2.20. The van der Waals surface area contributed by atoms with E-state index in [9.17, 15) is 9.59 Å². The van der Waals surface area contributed by atoms with E-state index in [0.29, 0.717) is 11.4 Å². The number of nitrogens with two attached hydrogens (primary N) is 1. The minimum atomic E-state index is -0.226. The number of aryl methyl sites for hydroxylation is 1. The van der Waals surface area contributed by atoms with Crippen molar-refractivity contribution < 1.29 is 9.59 Å². The average Bonchev–Trinajstić information content (AvgIpc) is 3.12. The summed E-state index contributed by atoms with van der Waals surface area (Å²) in [6, 6.07) is 1.79. The lowest BCUT2D eigenvalue weighted by Crippen LogP contribution is -2.38. The average molecular weight is 305 g/mol. The first-order valence-electron chi connectivity index (χ1n) is 6.97. The summed E-state index contributed by atoms with van der Waals surface area (Å²) in [6.45, 7) is 3.85. The standard InChI is InChI=1S/C15H19N3O2S/c1-11-9-13(21-12(11)5-4-6-16)15(20)17-10-14(19)18-7-2-3-8-18/h9H,2-3,6-8,10,16H2,1H3,(H,17,20). The van der Waals surface area contributed by atoms with Gasteiger partial charge in [0, 0.05) is 13.1 Å². The topological polar surface area (TPSA) is 75.4 Å². The Balaban J connectivity index is 1.92. The molecule has 0 aliphatic carbocycles. The van der Waals surface area contributed by atoms with E-state index in [1.807, 2.05) is 6.92 Å². The Bertz CT molecular complexity index is 592. The molecule has 1 saturated heterocycles. The van der Waals surface area contributed by atoms with E-state index in [0.717, 1.165) is 36.4 Å². The monoisotopic (exact) mass is 305 g/mol. The highest BCUT2D eigenvalue weighted by Gasteiger charge is 2.19. The van der Waals surface area contributed by atoms with Crippen molar-refractivity contribution in [3.8, 4) is 11.8 Å². The van der Waals surface area contributed by atoms with E-state index in [1.54, 1.807) is 11.0 Å². The van der Waals surface area contributed by atoms with Gasteiger partial charge in [0.1, 0.15) is 0 Å². The van der Waals surface area contributed by atoms with Crippen LogP contribution in [0.15, 0.2) is 6.07 Å². The molecule has 2 amide bonds. The van der Waals surface area contributed by atoms with Crippen LogP contribution in [0.4, 0.5) is 0 Å². The molecule has 1 aromatic heterocycles. The number of rotatable bonds is 3. The van der Waals surface area contributed by atoms with Gasteiger partial charge in [-0.05, 0) is 31.4 Å². The molecule has 0 radical (unpaired) electrons. The van der Waals surface area contributed by atoms with Crippen LogP contribution in [-0.4, -0.2) is 42.9 Å². The second-order valence-corrected chi connectivity index (χ2v) is 5.95. The molecule has 1 aromatic rings. The Hall–Kier alpha value is -1.84. The summed E-state index contributed by atoms with van der Waals surface area (Å²) >= 11 is 1.33. The summed E-state index contributed by atoms with van der Waals surface area (Å²) in [4.78, 5) is 27.1. The SMILES string of the molecule is Cc1cc(C(=O)NCC(=O)N2CCCC2)sc1C#CCN. The smallest absolute Gasteiger partial charge is 0.261 e. The highest BCUT2D eigenvalue weighted by molar-refractivity contribution is 7.14. The summed E-state index contributed by atoms with van der Waals surface area (Å²) in [5, 5.41) is 2.68. The molecule has 0 saturated carbocycles. The predicted octanol–water partition coefficient (Wildman–Crippen LogP) is 0.719. The maximum absolute atomic E-state index is 12.1. The lowest BCUT2D eigenvalue weighted by Gasteiger charge is -2.15. The fraction of sp³-hybridized carbons (Fsp3) is 0.467. The third-order valence-corrected chi connectivity index (χ3v) is 4.46. The van der Waals surface area contributed by atoms with Crippen LogP contribution < -0.4 is 11.1 Å². The zero-order valence-electron chi connectivity index (χ0n) is 12.1. The molecule has 0 bridgehead atoms. The molecule has 0 aromatic carbocycles. The van der Waals surface area contributed by atoms with Gasteiger partial charge in [0.15, 0.2) is 0 Å². The van der Waals surface area contributed by atoms with Crippen molar-refractivity contribution in [1.29, 1.82) is 0 Å². The molecule has 1 aliphatic heterocycles. The second kappa shape index (κ2) is 7.25. The second-order valence-electron chi connectivity index (χ2n) is 4.90. The summed E-state index contributed by atoms with van der Waals surface area (Å²) in [6.07, 6.45) is 2.10. The Morgan fingerprint density at radius 2 is 2.14 bits per heavy atom. The van der Waals surface area contributed by atoms with E-state index in [-0.39, 0.29) is 18.4 Å². The minimum Gasteiger partial charge on any atom is -0.342 e. The molecule has 0 unspecified atom stereocenters. The van der Waals surface area contributed by atoms with E-state index < -0.39 is 0 Å². The fourth-order valence-electron chi connectivity index (χ4n) is 2.17. The van der Waals surface area contributed by atoms with Crippen molar-refractivity contribution in [3.05, 3.63) is 21.4 Å². The number of amides is 2. The Morgan fingerprint density at radius 3 is 2.81 bits per heavy atom. The van der Waals surface area contributed by atoms with E-state index in [1.165, 1.54) is 11.3 Å². The van der Waals surface area contributed by atoms with Crippen LogP contribution >= 0.6 is 11.3 Å². The zero-order chi connectivity index (χ0) is 15.2. The molecule has 1 fully saturated rings. The van der Waals surface area contributed by atoms with Gasteiger partial charge in [-0.15, -0.1) is 11.3 Å². The summed E-state index contributed by atoms with van der Waals surface area (Å²) in [5.74, 6) is 5.48. The van der Waals surface area contributed by atoms with Gasteiger partial charge in [0.2, 0.25) is 5.91 Å². The zero-order valence-corrected chi connectivity index (χ0v) is 12.9. The van der Waals surface area contributed by atoms with Gasteiger partial charge in [-0.3, -0.25) is 9.59 Å². The number of nitrogens with one attached hydrogen (secondary N) is 1. The number of nitrogens with zero attached hydrogens (tertiary/aromatic N) is 1. The van der Waals surface area contributed by atoms with Crippen LogP contribution in [0.2, 0.25) is 0 Å². The van der Waals surface area contributed by atoms with Gasteiger partial charge in [0.25, 0.3) is 5.91 Å². The van der Waals surface area contributed by atoms with Crippen molar-refractivity contribution in [2.45, 2.75) is 19.8 Å². The van der Waals surface area contributed by atoms with Crippen LogP contribution in [0.3, 0.4) is 0 Å². The molecular formula is C15H19N3O2S. The van der Waals surface area contributed by atoms with Gasteiger partial charge in [0.05, 0.1) is 22.8 Å². The number of carbonyl (C=O) groups excluding carboxylic acids is 2. The first kappa shape index (κ1) is 15.5. The van der Waals surface area contributed by atoms with Crippen LogP contribution in [0.25, 0.3) is 0 Å². The first-order chi connectivity index (χ1) is 10.1. The molecule has 1 aliphatic rings. The van der Waals surface area contributed by atoms with Gasteiger partial charge < -0.3 is 16.0 Å². The van der Waals surface area contributed by atoms with Crippen LogP contribution in [0, 0.1) is 18.8 Å². The van der Waals surface area contributed by atoms with Gasteiger partial charge in [-0.2, -0.15) is 0 Å². The number of hydrogen-bond acceptors (Lipinski definition) is 4. The fourth-order valence-corrected chi connectivity index (χ4v) is 3.13. The molecule has 0 atom stereocenters. The normalized spacial score (nSPS) is 13.7. The van der Waals surface area contributed by atoms with Gasteiger partial charge in [-0.1, -0.05) is 11.8 Å². The predicted molar refractivity (Wildman–Crippen MR) is 83.1 cm³/mol. The van der Waals surface area contributed by atoms with Gasteiger partial charge in [-0.25, -0.2) is 0 Å². The van der Waals surface area contributed by atoms with Crippen molar-refractivity contribution in [2.75, 3.05) is 26.2 Å². The molecule has 5 nitrogen and oxygen atoms in total. The number of likely N-dealkylation sites (tertiary alicyclic amines) is 1. The van der Waals surface area contributed by atoms with E-state index in [4.69, 9.17) is 5.73 Å². The molecule has 21 heavy (non-hydrogen) atoms. The summed E-state index contributed by atoms with van der Waals surface area (Å²) in [7, 11) is 0. The minimum absolute atomic E-state index is 0.0164. The van der Waals surface area contributed by atoms with Crippen LogP contribution in [-0.2, 0) is 4.79 Å². The first-order valence-corrected chi connectivity index (χ1v) is 7.79. The molecule has 0 spiro atoms. The Kier molecular flexibility index (Phi) is 5.37. The third-order valence-electron chi connectivity index (χ3n) is 3.30. The maximum atomic E-state index is 12.1. The quantitative estimate of drug-likeness (QED) is 0.808. The Labute approximate surface area is 128 Å². The molecular weight excluding hydrogens is 286 g/mol. The van der Waals surface area contributed by atoms with Crippen LogP contribution in [0.5, 0.6) is 0 Å². The molecule has 6 heteroatoms. The van der Waals surface area contributed by atoms with Gasteiger partial charge >= 0.3 is 0 Å². The summed E-state index contributed by atoms with van der Waals surface area (Å²) < 4.78 is 0. The van der Waals surface area contributed by atoms with Crippen molar-refractivity contribution in [3.63, 3.8) is 0 Å². The van der Waals surface area contributed by atoms with E-state index in [2.05, 4.69) is 17.2 Å². The summed E-state index contributed by atoms with van der Waals surface area (Å²) in [5.41, 5.74) is 6.30. The largest absolute Gasteiger partial charge is 0.342 e. The van der Waals surface area contributed by atoms with Crippen LogP contribution in [0.1, 0.15) is 33.0 Å². The van der Waals surface area contributed by atoms with Crippen molar-refractivity contribution >= 4 is 23.2 Å². The Morgan fingerprint density at radius 1 is 1.43 bits per heavy atom. The van der Waals surface area contributed by atoms with Crippen molar-refractivity contribution in [1.82, 2.24) is 10.2 Å². The molecule has 2 rings (SSSR count). The lowest BCUT2D eigenvalue weighted by atomic mass is 10.2. The molecule has 2 heterocycles. The van der Waals surface area contributed by atoms with E-state index >= 15 is 0 Å². The third kappa shape index (κ3) is 4.06. The number of thiophene rings is 1. The lowest BCUT2D eigenvalue weighted by molar-refractivity contribution is -0.129. The molecule has 3 N–H and O–H groups in total. The number of hydrogen-bond donors (Lipinski definition) is 2.